The molecule has 1 fully saturated rings. The summed E-state index contributed by atoms with van der Waals surface area (Å²) < 4.78 is 5.33. The minimum absolute atomic E-state index is 0.0114. The second kappa shape index (κ2) is 7.13. The number of amides is 1. The Hall–Kier alpha value is -1.56. The van der Waals surface area contributed by atoms with E-state index in [0.717, 1.165) is 25.7 Å². The molecule has 1 heterocycles. The number of alkyl carbamates (subject to hydrolysis) is 1. The van der Waals surface area contributed by atoms with Crippen LogP contribution in [-0.2, 0) is 4.74 Å². The molecule has 0 aliphatic heterocycles. The Morgan fingerprint density at radius 3 is 2.59 bits per heavy atom. The van der Waals surface area contributed by atoms with Gasteiger partial charge in [0.15, 0.2) is 0 Å². The minimum Gasteiger partial charge on any atom is -0.444 e. The number of carbonyl (C=O) groups excluding carboxylic acids is 1. The van der Waals surface area contributed by atoms with Crippen molar-refractivity contribution in [1.82, 2.24) is 15.3 Å². The van der Waals surface area contributed by atoms with Crippen LogP contribution in [0.2, 0.25) is 5.15 Å². The van der Waals surface area contributed by atoms with Crippen molar-refractivity contribution >= 4 is 23.5 Å². The minimum atomic E-state index is -0.498. The predicted octanol–water partition coefficient (Wildman–Crippen LogP) is 3.38. The standard InChI is InChI=1S/C15H23ClN4O2/c1-15(2,3)22-14(21)20-11-7-5-4-6-10(11)19-13-8-12(16)17-9-18-13/h8-11H,4-7H2,1-3H3,(H,20,21)(H,17,18,19). The first-order chi connectivity index (χ1) is 10.3. The molecule has 22 heavy (non-hydrogen) atoms. The zero-order valence-electron chi connectivity index (χ0n) is 13.2. The second-order valence-electron chi connectivity index (χ2n) is 6.51. The lowest BCUT2D eigenvalue weighted by Gasteiger charge is -2.33. The number of hydrogen-bond acceptors (Lipinski definition) is 5. The summed E-state index contributed by atoms with van der Waals surface area (Å²) in [6.07, 6.45) is 5.11. The number of nitrogens with one attached hydrogen (secondary N) is 2. The lowest BCUT2D eigenvalue weighted by atomic mass is 9.90. The van der Waals surface area contributed by atoms with Gasteiger partial charge in [0.2, 0.25) is 0 Å². The van der Waals surface area contributed by atoms with Crippen molar-refractivity contribution < 1.29 is 9.53 Å². The lowest BCUT2D eigenvalue weighted by Crippen LogP contribution is -2.49. The molecule has 0 aromatic carbocycles. The van der Waals surface area contributed by atoms with Crippen LogP contribution in [0.4, 0.5) is 10.6 Å². The van der Waals surface area contributed by atoms with Gasteiger partial charge in [-0.25, -0.2) is 14.8 Å². The number of nitrogens with zero attached hydrogens (tertiary/aromatic N) is 2. The molecule has 0 saturated heterocycles. The molecule has 0 spiro atoms. The summed E-state index contributed by atoms with van der Waals surface area (Å²) in [5.41, 5.74) is -0.498. The summed E-state index contributed by atoms with van der Waals surface area (Å²) in [6.45, 7) is 5.56. The summed E-state index contributed by atoms with van der Waals surface area (Å²) in [6, 6.07) is 1.80. The van der Waals surface area contributed by atoms with Gasteiger partial charge in [-0.3, -0.25) is 0 Å². The first-order valence-corrected chi connectivity index (χ1v) is 7.95. The maximum atomic E-state index is 12.0. The van der Waals surface area contributed by atoms with Crippen molar-refractivity contribution in [2.75, 3.05) is 5.32 Å². The Labute approximate surface area is 136 Å². The van der Waals surface area contributed by atoms with E-state index in [4.69, 9.17) is 16.3 Å². The van der Waals surface area contributed by atoms with Crippen molar-refractivity contribution in [2.24, 2.45) is 0 Å². The van der Waals surface area contributed by atoms with Gasteiger partial charge in [0.1, 0.15) is 22.9 Å². The van der Waals surface area contributed by atoms with Crippen LogP contribution in [0.15, 0.2) is 12.4 Å². The van der Waals surface area contributed by atoms with E-state index in [-0.39, 0.29) is 18.2 Å². The molecule has 1 aromatic heterocycles. The Bertz CT molecular complexity index is 519. The number of hydrogen-bond donors (Lipinski definition) is 2. The van der Waals surface area contributed by atoms with Crippen LogP contribution >= 0.6 is 11.6 Å². The number of halogens is 1. The van der Waals surface area contributed by atoms with E-state index < -0.39 is 5.60 Å². The van der Waals surface area contributed by atoms with E-state index in [2.05, 4.69) is 20.6 Å². The third-order valence-corrected chi connectivity index (χ3v) is 3.64. The molecule has 2 atom stereocenters. The van der Waals surface area contributed by atoms with Crippen molar-refractivity contribution in [2.45, 2.75) is 64.1 Å². The van der Waals surface area contributed by atoms with Crippen LogP contribution in [0.25, 0.3) is 0 Å². The van der Waals surface area contributed by atoms with Gasteiger partial charge in [0, 0.05) is 12.1 Å². The Balaban J connectivity index is 1.97. The van der Waals surface area contributed by atoms with Crippen molar-refractivity contribution in [3.05, 3.63) is 17.5 Å². The molecule has 0 radical (unpaired) electrons. The fourth-order valence-electron chi connectivity index (χ4n) is 2.54. The maximum absolute atomic E-state index is 12.0. The SMILES string of the molecule is CC(C)(C)OC(=O)NC1CCCCC1Nc1cc(Cl)ncn1. The van der Waals surface area contributed by atoms with Gasteiger partial charge >= 0.3 is 6.09 Å². The van der Waals surface area contributed by atoms with E-state index in [1.54, 1.807) is 6.07 Å². The van der Waals surface area contributed by atoms with Gasteiger partial charge in [-0.1, -0.05) is 24.4 Å². The fourth-order valence-corrected chi connectivity index (χ4v) is 2.68. The molecule has 1 aliphatic rings. The highest BCUT2D eigenvalue weighted by Crippen LogP contribution is 2.22. The average molecular weight is 327 g/mol. The Kier molecular flexibility index (Phi) is 5.45. The van der Waals surface area contributed by atoms with E-state index in [9.17, 15) is 4.79 Å². The van der Waals surface area contributed by atoms with Crippen LogP contribution < -0.4 is 10.6 Å². The monoisotopic (exact) mass is 326 g/mol. The molecule has 122 valence electrons. The maximum Gasteiger partial charge on any atom is 0.407 e. The quantitative estimate of drug-likeness (QED) is 0.833. The van der Waals surface area contributed by atoms with Gasteiger partial charge in [-0.05, 0) is 33.6 Å². The Morgan fingerprint density at radius 1 is 1.27 bits per heavy atom. The summed E-state index contributed by atoms with van der Waals surface area (Å²) >= 11 is 5.88. The van der Waals surface area contributed by atoms with E-state index in [1.165, 1.54) is 6.33 Å². The smallest absolute Gasteiger partial charge is 0.407 e. The van der Waals surface area contributed by atoms with E-state index in [0.29, 0.717) is 11.0 Å². The van der Waals surface area contributed by atoms with Crippen LogP contribution in [0, 0.1) is 0 Å². The molecular formula is C15H23ClN4O2. The highest BCUT2D eigenvalue weighted by Gasteiger charge is 2.28. The predicted molar refractivity (Wildman–Crippen MR) is 86.1 cm³/mol. The summed E-state index contributed by atoms with van der Waals surface area (Å²) in [5.74, 6) is 0.669. The normalized spacial score (nSPS) is 22.0. The third-order valence-electron chi connectivity index (χ3n) is 3.44. The molecule has 2 rings (SSSR count). The molecule has 6 nitrogen and oxygen atoms in total. The van der Waals surface area contributed by atoms with E-state index in [1.807, 2.05) is 20.8 Å². The molecule has 0 bridgehead atoms. The highest BCUT2D eigenvalue weighted by atomic mass is 35.5. The fraction of sp³-hybridized carbons (Fsp3) is 0.667. The number of ether oxygens (including phenoxy) is 1. The number of aromatic nitrogens is 2. The van der Waals surface area contributed by atoms with Crippen LogP contribution in [0.1, 0.15) is 46.5 Å². The van der Waals surface area contributed by atoms with Crippen LogP contribution in [-0.4, -0.2) is 33.7 Å². The first-order valence-electron chi connectivity index (χ1n) is 7.57. The molecule has 1 aromatic rings. The van der Waals surface area contributed by atoms with E-state index >= 15 is 0 Å². The molecule has 1 amide bonds. The van der Waals surface area contributed by atoms with Gasteiger partial charge in [-0.15, -0.1) is 0 Å². The molecule has 2 unspecified atom stereocenters. The molecule has 7 heteroatoms. The zero-order valence-corrected chi connectivity index (χ0v) is 14.0. The first kappa shape index (κ1) is 16.8. The summed E-state index contributed by atoms with van der Waals surface area (Å²) in [7, 11) is 0. The van der Waals surface area contributed by atoms with Crippen LogP contribution in [0.5, 0.6) is 0 Å². The third kappa shape index (κ3) is 5.33. The van der Waals surface area contributed by atoms with Crippen molar-refractivity contribution in [3.63, 3.8) is 0 Å². The summed E-state index contributed by atoms with van der Waals surface area (Å²) in [5, 5.41) is 6.69. The Morgan fingerprint density at radius 2 is 1.95 bits per heavy atom. The van der Waals surface area contributed by atoms with Crippen molar-refractivity contribution in [1.29, 1.82) is 0 Å². The van der Waals surface area contributed by atoms with Gasteiger partial charge in [0.05, 0.1) is 6.04 Å². The molecular weight excluding hydrogens is 304 g/mol. The topological polar surface area (TPSA) is 76.1 Å². The molecule has 1 aliphatic carbocycles. The second-order valence-corrected chi connectivity index (χ2v) is 6.90. The lowest BCUT2D eigenvalue weighted by molar-refractivity contribution is 0.0488. The highest BCUT2D eigenvalue weighted by molar-refractivity contribution is 6.29. The van der Waals surface area contributed by atoms with Gasteiger partial charge in [-0.2, -0.15) is 0 Å². The average Bonchev–Trinajstić information content (AvgIpc) is 2.39. The largest absolute Gasteiger partial charge is 0.444 e. The van der Waals surface area contributed by atoms with Crippen molar-refractivity contribution in [3.8, 4) is 0 Å². The summed E-state index contributed by atoms with van der Waals surface area (Å²) in [4.78, 5) is 20.0. The molecule has 1 saturated carbocycles. The zero-order chi connectivity index (χ0) is 16.2. The van der Waals surface area contributed by atoms with Crippen LogP contribution in [0.3, 0.4) is 0 Å². The van der Waals surface area contributed by atoms with Gasteiger partial charge < -0.3 is 15.4 Å². The number of anilines is 1. The molecule has 2 N–H and O–H groups in total. The number of rotatable bonds is 3. The van der Waals surface area contributed by atoms with Gasteiger partial charge in [0.25, 0.3) is 0 Å². The number of carbonyl (C=O) groups is 1.